The van der Waals surface area contributed by atoms with Gasteiger partial charge in [0.25, 0.3) is 0 Å². The minimum Gasteiger partial charge on any atom is -0.135 e. The van der Waals surface area contributed by atoms with Gasteiger partial charge in [0.2, 0.25) is 0 Å². The summed E-state index contributed by atoms with van der Waals surface area (Å²) in [6, 6.07) is 4.35. The Bertz CT molecular complexity index is 688. The number of thiophene rings is 2. The summed E-state index contributed by atoms with van der Waals surface area (Å²) < 4.78 is 5.45. The average molecular weight is 492 g/mol. The summed E-state index contributed by atoms with van der Waals surface area (Å²) in [5.74, 6) is 6.70. The second kappa shape index (κ2) is 6.69. The maximum atomic E-state index is 3.70. The molecule has 0 spiro atoms. The fraction of sp³-hybridized carbons (Fsp3) is 0.375. The highest BCUT2D eigenvalue weighted by Crippen LogP contribution is 2.24. The molecule has 118 valence electrons. The van der Waals surface area contributed by atoms with E-state index in [1.54, 1.807) is 0 Å². The van der Waals surface area contributed by atoms with Gasteiger partial charge in [-0.15, -0.1) is 22.7 Å². The van der Waals surface area contributed by atoms with Crippen molar-refractivity contribution in [1.29, 1.82) is 0 Å². The van der Waals surface area contributed by atoms with Crippen molar-refractivity contribution in [3.63, 3.8) is 0 Å². The molecular formula is C16H20Br2S2Si2. The quantitative estimate of drug-likeness (QED) is 0.366. The van der Waals surface area contributed by atoms with Crippen molar-refractivity contribution < 1.29 is 0 Å². The summed E-state index contributed by atoms with van der Waals surface area (Å²) in [4.78, 5) is 2.31. The zero-order chi connectivity index (χ0) is 16.7. The molecule has 22 heavy (non-hydrogen) atoms. The summed E-state index contributed by atoms with van der Waals surface area (Å²) >= 11 is 11.1. The fourth-order valence-corrected chi connectivity index (χ4v) is 12.8. The third-order valence-electron chi connectivity index (χ3n) is 3.04. The first kappa shape index (κ1) is 18.7. The Hall–Kier alpha value is 0.354. The lowest BCUT2D eigenvalue weighted by Gasteiger charge is -2.13. The molecule has 0 bridgehead atoms. The summed E-state index contributed by atoms with van der Waals surface area (Å²) in [5, 5.41) is 0. The smallest absolute Gasteiger partial charge is 0.0919 e. The third kappa shape index (κ3) is 4.46. The summed E-state index contributed by atoms with van der Waals surface area (Å²) in [7, 11) is -2.58. The van der Waals surface area contributed by atoms with E-state index < -0.39 is 16.1 Å². The summed E-state index contributed by atoms with van der Waals surface area (Å²) in [6.07, 6.45) is 0. The van der Waals surface area contributed by atoms with E-state index in [-0.39, 0.29) is 0 Å². The van der Waals surface area contributed by atoms with E-state index in [1.165, 1.54) is 17.9 Å². The maximum absolute atomic E-state index is 3.70. The van der Waals surface area contributed by atoms with Gasteiger partial charge in [-0.2, -0.15) is 0 Å². The Morgan fingerprint density at radius 3 is 1.27 bits per heavy atom. The molecular weight excluding hydrogens is 472 g/mol. The monoisotopic (exact) mass is 490 g/mol. The second-order valence-electron chi connectivity index (χ2n) is 7.33. The first-order valence-corrected chi connectivity index (χ1v) is 17.3. The van der Waals surface area contributed by atoms with Gasteiger partial charge in [0.05, 0.1) is 25.9 Å². The van der Waals surface area contributed by atoms with Crippen LogP contribution >= 0.6 is 54.5 Å². The zero-order valence-corrected chi connectivity index (χ0v) is 20.5. The van der Waals surface area contributed by atoms with E-state index in [1.807, 2.05) is 22.7 Å². The average Bonchev–Trinajstić information content (AvgIpc) is 2.88. The van der Waals surface area contributed by atoms with Gasteiger partial charge in [-0.3, -0.25) is 0 Å². The Kier molecular flexibility index (Phi) is 5.69. The van der Waals surface area contributed by atoms with Crippen molar-refractivity contribution in [2.75, 3.05) is 0 Å². The van der Waals surface area contributed by atoms with Crippen molar-refractivity contribution in [3.05, 3.63) is 30.8 Å². The fourth-order valence-electron chi connectivity index (χ4n) is 2.01. The highest BCUT2D eigenvalue weighted by atomic mass is 79.9. The van der Waals surface area contributed by atoms with Crippen LogP contribution in [0, 0.1) is 11.8 Å². The molecule has 2 aromatic rings. The van der Waals surface area contributed by atoms with Crippen LogP contribution in [0.2, 0.25) is 39.3 Å². The van der Waals surface area contributed by atoms with Crippen LogP contribution in [0.3, 0.4) is 0 Å². The molecule has 0 aromatic carbocycles. The van der Waals surface area contributed by atoms with Crippen molar-refractivity contribution in [1.82, 2.24) is 0 Å². The van der Waals surface area contributed by atoms with Gasteiger partial charge in [-0.1, -0.05) is 71.1 Å². The molecule has 0 saturated carbocycles. The van der Waals surface area contributed by atoms with Crippen LogP contribution in [0.25, 0.3) is 0 Å². The molecule has 0 nitrogen and oxygen atoms in total. The molecule has 0 atom stereocenters. The van der Waals surface area contributed by atoms with Crippen LogP contribution in [-0.4, -0.2) is 16.1 Å². The van der Waals surface area contributed by atoms with Crippen molar-refractivity contribution >= 4 is 79.7 Å². The minimum absolute atomic E-state index is 1.16. The molecule has 0 radical (unpaired) electrons. The van der Waals surface area contributed by atoms with Crippen molar-refractivity contribution in [3.8, 4) is 11.8 Å². The maximum Gasteiger partial charge on any atom is 0.0919 e. The molecule has 2 rings (SSSR count). The number of hydrogen-bond acceptors (Lipinski definition) is 2. The van der Waals surface area contributed by atoms with Gasteiger partial charge in [0.15, 0.2) is 0 Å². The first-order valence-electron chi connectivity index (χ1n) is 7.10. The third-order valence-corrected chi connectivity index (χ3v) is 14.8. The Balaban J connectivity index is 2.32. The lowest BCUT2D eigenvalue weighted by Crippen LogP contribution is -2.35. The minimum atomic E-state index is -1.29. The van der Waals surface area contributed by atoms with Crippen LogP contribution < -0.4 is 9.00 Å². The molecule has 0 unspecified atom stereocenters. The summed E-state index contributed by atoms with van der Waals surface area (Å²) in [5.41, 5.74) is 0. The highest BCUT2D eigenvalue weighted by molar-refractivity contribution is 9.11. The van der Waals surface area contributed by atoms with Crippen LogP contribution in [0.5, 0.6) is 0 Å². The number of rotatable bonds is 2. The van der Waals surface area contributed by atoms with Gasteiger partial charge >= 0.3 is 0 Å². The van der Waals surface area contributed by atoms with Crippen molar-refractivity contribution in [2.45, 2.75) is 39.3 Å². The normalized spacial score (nSPS) is 12.2. The van der Waals surface area contributed by atoms with Crippen molar-refractivity contribution in [2.24, 2.45) is 0 Å². The number of hydrogen-bond donors (Lipinski definition) is 0. The Morgan fingerprint density at radius 1 is 0.727 bits per heavy atom. The number of halogens is 2. The Labute approximate surface area is 160 Å². The van der Waals surface area contributed by atoms with E-state index in [9.17, 15) is 0 Å². The van der Waals surface area contributed by atoms with Crippen LogP contribution in [0.4, 0.5) is 0 Å². The van der Waals surface area contributed by atoms with Gasteiger partial charge in [-0.25, -0.2) is 0 Å². The van der Waals surface area contributed by atoms with Gasteiger partial charge < -0.3 is 0 Å². The molecule has 2 aromatic heterocycles. The SMILES string of the molecule is C[Si](C)(C)c1sc(C#Cc2cc(Br)c([Si](C)(C)C)s2)cc1Br. The molecule has 6 heteroatoms. The van der Waals surface area contributed by atoms with Crippen LogP contribution in [0.15, 0.2) is 21.1 Å². The lowest BCUT2D eigenvalue weighted by molar-refractivity contribution is 1.75. The van der Waals surface area contributed by atoms with E-state index in [2.05, 4.69) is 95.1 Å². The molecule has 0 saturated heterocycles. The van der Waals surface area contributed by atoms with Crippen LogP contribution in [-0.2, 0) is 0 Å². The van der Waals surface area contributed by atoms with E-state index in [0.717, 1.165) is 9.75 Å². The van der Waals surface area contributed by atoms with Gasteiger partial charge in [0.1, 0.15) is 0 Å². The molecule has 0 fully saturated rings. The molecule has 2 heterocycles. The van der Waals surface area contributed by atoms with E-state index >= 15 is 0 Å². The first-order chi connectivity index (χ1) is 9.98. The van der Waals surface area contributed by atoms with E-state index in [4.69, 9.17) is 0 Å². The summed E-state index contributed by atoms with van der Waals surface area (Å²) in [6.45, 7) is 14.2. The molecule has 0 aliphatic heterocycles. The Morgan fingerprint density at radius 2 is 1.05 bits per heavy atom. The van der Waals surface area contributed by atoms with Gasteiger partial charge in [0, 0.05) is 17.9 Å². The zero-order valence-electron chi connectivity index (χ0n) is 13.7. The largest absolute Gasteiger partial charge is 0.135 e. The standard InChI is InChI=1S/C16H20Br2S2Si2/c1-21(2,3)15-13(17)9-11(19-15)7-8-12-10-14(18)16(20-12)22(4,5)6/h9-10H,1-6H3. The highest BCUT2D eigenvalue weighted by Gasteiger charge is 2.23. The van der Waals surface area contributed by atoms with Crippen LogP contribution in [0.1, 0.15) is 9.75 Å². The topological polar surface area (TPSA) is 0 Å². The lowest BCUT2D eigenvalue weighted by atomic mass is 10.4. The molecule has 0 amide bonds. The molecule has 0 N–H and O–H groups in total. The predicted octanol–water partition coefficient (Wildman–Crippen LogP) is 5.82. The molecule has 0 aliphatic rings. The van der Waals surface area contributed by atoms with Gasteiger partial charge in [-0.05, 0) is 24.0 Å². The van der Waals surface area contributed by atoms with E-state index in [0.29, 0.717) is 0 Å². The predicted molar refractivity (Wildman–Crippen MR) is 116 cm³/mol. The second-order valence-corrected chi connectivity index (χ2v) is 21.9. The molecule has 0 aliphatic carbocycles.